The zero-order valence-corrected chi connectivity index (χ0v) is 9.25. The molecule has 0 spiro atoms. The molecular weight excluding hydrogens is 217 g/mol. The molecule has 2 atom stereocenters. The Hall–Kier alpha value is -1.09. The fourth-order valence-corrected chi connectivity index (χ4v) is 1.73. The molecule has 0 radical (unpaired) electrons. The highest BCUT2D eigenvalue weighted by molar-refractivity contribution is 6.70. The lowest BCUT2D eigenvalue weighted by molar-refractivity contribution is 0.192. The molecule has 0 N–H and O–H groups in total. The van der Waals surface area contributed by atoms with Gasteiger partial charge in [0.25, 0.3) is 0 Å². The van der Waals surface area contributed by atoms with E-state index in [1.807, 2.05) is 13.8 Å². The Kier molecular flexibility index (Phi) is 2.65. The van der Waals surface area contributed by atoms with Crippen LogP contribution in [0, 0.1) is 5.82 Å². The van der Waals surface area contributed by atoms with Crippen molar-refractivity contribution in [1.29, 1.82) is 0 Å². The first kappa shape index (κ1) is 10.4. The number of nitrogens with zero attached hydrogens (tertiary/aromatic N) is 1. The van der Waals surface area contributed by atoms with Crippen molar-refractivity contribution in [1.82, 2.24) is 0 Å². The van der Waals surface area contributed by atoms with Crippen LogP contribution in [0.4, 0.5) is 4.39 Å². The van der Waals surface area contributed by atoms with E-state index in [9.17, 15) is 4.39 Å². The lowest BCUT2D eigenvalue weighted by atomic mass is 10.2. The molecule has 2 rings (SSSR count). The van der Waals surface area contributed by atoms with Crippen molar-refractivity contribution in [3.63, 3.8) is 0 Å². The van der Waals surface area contributed by atoms with Crippen molar-refractivity contribution in [2.45, 2.75) is 26.0 Å². The highest BCUT2D eigenvalue weighted by atomic mass is 35.5. The van der Waals surface area contributed by atoms with Crippen LogP contribution in [0.15, 0.2) is 23.2 Å². The summed E-state index contributed by atoms with van der Waals surface area (Å²) in [6.07, 6.45) is -0.183. The van der Waals surface area contributed by atoms with Gasteiger partial charge in [-0.25, -0.2) is 4.39 Å². The van der Waals surface area contributed by atoms with Gasteiger partial charge in [-0.2, -0.15) is 0 Å². The Bertz CT molecular complexity index is 419. The molecule has 1 aliphatic rings. The van der Waals surface area contributed by atoms with Crippen LogP contribution in [0.5, 0.6) is 5.75 Å². The number of halogens is 2. The predicted octanol–water partition coefficient (Wildman–Crippen LogP) is 2.98. The summed E-state index contributed by atoms with van der Waals surface area (Å²) in [7, 11) is 0. The molecule has 4 heteroatoms. The second-order valence-electron chi connectivity index (χ2n) is 3.60. The van der Waals surface area contributed by atoms with Crippen molar-refractivity contribution in [3.05, 3.63) is 29.6 Å². The molecule has 15 heavy (non-hydrogen) atoms. The monoisotopic (exact) mass is 227 g/mol. The Labute approximate surface area is 92.7 Å². The van der Waals surface area contributed by atoms with E-state index in [0.717, 1.165) is 0 Å². The highest BCUT2D eigenvalue weighted by Gasteiger charge is 2.23. The van der Waals surface area contributed by atoms with Crippen molar-refractivity contribution in [3.8, 4) is 5.75 Å². The van der Waals surface area contributed by atoms with Gasteiger partial charge in [0.2, 0.25) is 0 Å². The van der Waals surface area contributed by atoms with Crippen LogP contribution in [0.25, 0.3) is 0 Å². The van der Waals surface area contributed by atoms with Crippen LogP contribution in [0.3, 0.4) is 0 Å². The SMILES string of the molecule is C[C@@H]1N=C(Cl)c2cccc(F)c2O[C@H]1C. The quantitative estimate of drug-likeness (QED) is 0.668. The van der Waals surface area contributed by atoms with Gasteiger partial charge < -0.3 is 4.74 Å². The fraction of sp³-hybridized carbons (Fsp3) is 0.364. The minimum absolute atomic E-state index is 0.0794. The van der Waals surface area contributed by atoms with E-state index in [-0.39, 0.29) is 17.9 Å². The standard InChI is InChI=1S/C11H11ClFNO/c1-6-7(2)15-10-8(11(12)14-6)4-3-5-9(10)13/h3-7H,1-2H3/t6-,7-/m0/s1. The molecule has 2 nitrogen and oxygen atoms in total. The van der Waals surface area contributed by atoms with Gasteiger partial charge in [0.1, 0.15) is 11.3 Å². The van der Waals surface area contributed by atoms with E-state index >= 15 is 0 Å². The molecule has 0 aliphatic carbocycles. The van der Waals surface area contributed by atoms with Gasteiger partial charge in [-0.3, -0.25) is 4.99 Å². The minimum atomic E-state index is -0.401. The topological polar surface area (TPSA) is 21.6 Å². The molecule has 0 aromatic heterocycles. The number of hydrogen-bond donors (Lipinski definition) is 0. The third kappa shape index (κ3) is 1.84. The van der Waals surface area contributed by atoms with Gasteiger partial charge in [0, 0.05) is 0 Å². The minimum Gasteiger partial charge on any atom is -0.485 e. The first-order valence-electron chi connectivity index (χ1n) is 4.78. The van der Waals surface area contributed by atoms with Gasteiger partial charge in [0.05, 0.1) is 11.6 Å². The third-order valence-corrected chi connectivity index (χ3v) is 2.79. The normalized spacial score (nSPS) is 24.9. The van der Waals surface area contributed by atoms with Crippen LogP contribution >= 0.6 is 11.6 Å². The van der Waals surface area contributed by atoms with E-state index in [0.29, 0.717) is 10.7 Å². The number of para-hydroxylation sites is 1. The number of ether oxygens (including phenoxy) is 1. The van der Waals surface area contributed by atoms with Crippen LogP contribution in [-0.2, 0) is 0 Å². The zero-order chi connectivity index (χ0) is 11.0. The van der Waals surface area contributed by atoms with Gasteiger partial charge >= 0.3 is 0 Å². The average Bonchev–Trinajstić information content (AvgIpc) is 2.29. The zero-order valence-electron chi connectivity index (χ0n) is 8.50. The lowest BCUT2D eigenvalue weighted by Crippen LogP contribution is -2.23. The van der Waals surface area contributed by atoms with Crippen LogP contribution in [0.1, 0.15) is 19.4 Å². The van der Waals surface area contributed by atoms with Crippen LogP contribution in [0.2, 0.25) is 0 Å². The summed E-state index contributed by atoms with van der Waals surface area (Å²) in [6, 6.07) is 4.57. The molecule has 1 aliphatic heterocycles. The second kappa shape index (κ2) is 3.81. The summed E-state index contributed by atoms with van der Waals surface area (Å²) in [5.41, 5.74) is 0.521. The van der Waals surface area contributed by atoms with E-state index in [1.54, 1.807) is 12.1 Å². The summed E-state index contributed by atoms with van der Waals surface area (Å²) < 4.78 is 19.0. The summed E-state index contributed by atoms with van der Waals surface area (Å²) in [6.45, 7) is 3.73. The Morgan fingerprint density at radius 1 is 1.40 bits per heavy atom. The Balaban J connectivity index is 2.57. The molecule has 1 aromatic carbocycles. The lowest BCUT2D eigenvalue weighted by Gasteiger charge is -2.16. The second-order valence-corrected chi connectivity index (χ2v) is 3.96. The number of rotatable bonds is 0. The van der Waals surface area contributed by atoms with Crippen molar-refractivity contribution < 1.29 is 9.13 Å². The summed E-state index contributed by atoms with van der Waals surface area (Å²) in [5, 5.41) is 0.307. The molecule has 1 heterocycles. The Morgan fingerprint density at radius 2 is 2.13 bits per heavy atom. The van der Waals surface area contributed by atoms with Crippen molar-refractivity contribution in [2.24, 2.45) is 4.99 Å². The average molecular weight is 228 g/mol. The van der Waals surface area contributed by atoms with Crippen LogP contribution in [-0.4, -0.2) is 17.3 Å². The van der Waals surface area contributed by atoms with Crippen molar-refractivity contribution in [2.75, 3.05) is 0 Å². The maximum absolute atomic E-state index is 13.5. The molecule has 0 bridgehead atoms. The number of benzene rings is 1. The van der Waals surface area contributed by atoms with Crippen LogP contribution < -0.4 is 4.74 Å². The molecule has 0 saturated heterocycles. The van der Waals surface area contributed by atoms with Gasteiger partial charge in [-0.1, -0.05) is 17.7 Å². The summed E-state index contributed by atoms with van der Waals surface area (Å²) in [5.74, 6) is -0.204. The largest absolute Gasteiger partial charge is 0.485 e. The third-order valence-electron chi connectivity index (χ3n) is 2.49. The first-order valence-corrected chi connectivity index (χ1v) is 5.16. The van der Waals surface area contributed by atoms with E-state index < -0.39 is 5.82 Å². The van der Waals surface area contributed by atoms with Gasteiger partial charge in [0.15, 0.2) is 11.6 Å². The summed E-state index contributed by atoms with van der Waals surface area (Å²) >= 11 is 5.99. The molecular formula is C11H11ClFNO. The first-order chi connectivity index (χ1) is 7.09. The van der Waals surface area contributed by atoms with Crippen molar-refractivity contribution >= 4 is 16.8 Å². The predicted molar refractivity (Wildman–Crippen MR) is 58.3 cm³/mol. The van der Waals surface area contributed by atoms with Gasteiger partial charge in [-0.05, 0) is 26.0 Å². The molecule has 0 saturated carbocycles. The number of fused-ring (bicyclic) bond motifs is 1. The molecule has 0 unspecified atom stereocenters. The van der Waals surface area contributed by atoms with E-state index in [1.165, 1.54) is 6.07 Å². The number of hydrogen-bond acceptors (Lipinski definition) is 2. The molecule has 0 amide bonds. The van der Waals surface area contributed by atoms with Gasteiger partial charge in [-0.15, -0.1) is 0 Å². The van der Waals surface area contributed by atoms with E-state index in [2.05, 4.69) is 4.99 Å². The molecule has 0 fully saturated rings. The maximum Gasteiger partial charge on any atom is 0.165 e. The maximum atomic E-state index is 13.5. The smallest absolute Gasteiger partial charge is 0.165 e. The number of aliphatic imine (C=N–C) groups is 1. The highest BCUT2D eigenvalue weighted by Crippen LogP contribution is 2.29. The van der Waals surface area contributed by atoms with E-state index in [4.69, 9.17) is 16.3 Å². The Morgan fingerprint density at radius 3 is 2.87 bits per heavy atom. The molecule has 1 aromatic rings. The fourth-order valence-electron chi connectivity index (χ4n) is 1.43. The summed E-state index contributed by atoms with van der Waals surface area (Å²) in [4.78, 5) is 4.23. The molecule has 80 valence electrons.